The molecule has 238 valence electrons. The maximum absolute atomic E-state index is 2.64. The highest BCUT2D eigenvalue weighted by molar-refractivity contribution is 14.1. The van der Waals surface area contributed by atoms with Gasteiger partial charge in [0, 0.05) is 42.2 Å². The molecule has 4 heteroatoms. The van der Waals surface area contributed by atoms with Gasteiger partial charge in [0.25, 0.3) is 0 Å². The van der Waals surface area contributed by atoms with Crippen LogP contribution in [0.3, 0.4) is 0 Å². The zero-order chi connectivity index (χ0) is 33.3. The fourth-order valence-electron chi connectivity index (χ4n) is 8.51. The Bertz CT molecular complexity index is 2650. The van der Waals surface area contributed by atoms with Crippen LogP contribution < -0.4 is 10.9 Å². The van der Waals surface area contributed by atoms with Crippen LogP contribution in [0, 0.1) is 0 Å². The number of aromatic nitrogens is 2. The van der Waals surface area contributed by atoms with Crippen molar-refractivity contribution in [1.29, 1.82) is 0 Å². The first-order valence-electron chi connectivity index (χ1n) is 17.7. The van der Waals surface area contributed by atoms with Crippen LogP contribution >= 0.6 is 22.6 Å². The molecular formula is C46H34BIN2. The van der Waals surface area contributed by atoms with Crippen molar-refractivity contribution in [1.82, 2.24) is 9.05 Å². The lowest BCUT2D eigenvalue weighted by Crippen LogP contribution is -2.53. The van der Waals surface area contributed by atoms with Crippen molar-refractivity contribution in [2.75, 3.05) is 0 Å². The van der Waals surface area contributed by atoms with Gasteiger partial charge in [-0.1, -0.05) is 169 Å². The van der Waals surface area contributed by atoms with Crippen molar-refractivity contribution in [3.05, 3.63) is 163 Å². The summed E-state index contributed by atoms with van der Waals surface area (Å²) in [6.45, 7) is 2.27. The summed E-state index contributed by atoms with van der Waals surface area (Å²) >= 11 is 2.63. The van der Waals surface area contributed by atoms with Crippen molar-refractivity contribution in [2.24, 2.45) is 0 Å². The monoisotopic (exact) mass is 752 g/mol. The molecule has 0 aliphatic carbocycles. The standard InChI is InChI=1S/C46H34BIN2/c1-2-12-41(48)34-23-26-37-38-17-11-19-40-46(38)49(43(37)29-34)42-20-10-9-18-39(42)47(40)50-44-27-32(30-13-5-3-6-14-30)21-24-35(44)36-25-22-33(28-45(36)50)31-15-7-4-8-16-31/h3-11,13-29,41H,2,12H2,1H3. The number of benzene rings is 7. The normalized spacial score (nSPS) is 13.0. The Morgan fingerprint density at radius 1 is 0.520 bits per heavy atom. The predicted octanol–water partition coefficient (Wildman–Crippen LogP) is 11.5. The van der Waals surface area contributed by atoms with E-state index in [1.165, 1.54) is 101 Å². The second kappa shape index (κ2) is 11.8. The Kier molecular flexibility index (Phi) is 7.02. The summed E-state index contributed by atoms with van der Waals surface area (Å²) < 4.78 is 5.70. The van der Waals surface area contributed by atoms with Crippen LogP contribution in [0.1, 0.15) is 29.3 Å². The van der Waals surface area contributed by atoms with Gasteiger partial charge >= 0.3 is 6.85 Å². The number of hydrogen-bond donors (Lipinski definition) is 0. The second-order valence-electron chi connectivity index (χ2n) is 13.6. The van der Waals surface area contributed by atoms with Crippen LogP contribution in [-0.4, -0.2) is 15.9 Å². The fourth-order valence-corrected chi connectivity index (χ4v) is 9.52. The lowest BCUT2D eigenvalue weighted by molar-refractivity contribution is 0.800. The number of halogens is 1. The molecule has 0 amide bonds. The molecule has 1 aliphatic heterocycles. The highest BCUT2D eigenvalue weighted by atomic mass is 127. The van der Waals surface area contributed by atoms with E-state index in [1.807, 2.05) is 0 Å². The Morgan fingerprint density at radius 2 is 1.10 bits per heavy atom. The Hall–Kier alpha value is -5.07. The van der Waals surface area contributed by atoms with E-state index in [9.17, 15) is 0 Å². The molecular weight excluding hydrogens is 718 g/mol. The smallest absolute Gasteiger partial charge is 0.332 e. The van der Waals surface area contributed by atoms with E-state index in [2.05, 4.69) is 196 Å². The van der Waals surface area contributed by atoms with E-state index in [0.29, 0.717) is 3.92 Å². The topological polar surface area (TPSA) is 9.86 Å². The Labute approximate surface area is 306 Å². The number of alkyl halides is 1. The molecule has 0 fully saturated rings. The highest BCUT2D eigenvalue weighted by Gasteiger charge is 2.36. The van der Waals surface area contributed by atoms with E-state index in [4.69, 9.17) is 0 Å². The number of nitrogens with zero attached hydrogens (tertiary/aromatic N) is 2. The van der Waals surface area contributed by atoms with Crippen molar-refractivity contribution in [3.63, 3.8) is 0 Å². The van der Waals surface area contributed by atoms with E-state index in [1.54, 1.807) is 0 Å². The maximum atomic E-state index is 2.64. The average Bonchev–Trinajstić information content (AvgIpc) is 3.68. The molecule has 1 unspecified atom stereocenters. The molecule has 0 saturated heterocycles. The van der Waals surface area contributed by atoms with Gasteiger partial charge in [0.2, 0.25) is 0 Å². The van der Waals surface area contributed by atoms with Gasteiger partial charge in [0.05, 0.1) is 11.0 Å². The SMILES string of the molecule is CCCC(I)c1ccc2c3cccc4c3n(c2c1)-c1ccccc1B4n1c2cc(-c3ccccc3)ccc2c2ccc(-c3ccccc3)cc21. The fraction of sp³-hybridized carbons (Fsp3) is 0.0870. The molecule has 9 aromatic rings. The zero-order valence-corrected chi connectivity index (χ0v) is 30.0. The lowest BCUT2D eigenvalue weighted by Gasteiger charge is -2.28. The predicted molar refractivity (Wildman–Crippen MR) is 223 cm³/mol. The van der Waals surface area contributed by atoms with Crippen LogP contribution in [0.25, 0.3) is 71.6 Å². The van der Waals surface area contributed by atoms with Gasteiger partial charge < -0.3 is 9.05 Å². The molecule has 10 rings (SSSR count). The third kappa shape index (κ3) is 4.47. The first kappa shape index (κ1) is 29.8. The summed E-state index contributed by atoms with van der Waals surface area (Å²) in [5.74, 6) is 0. The van der Waals surface area contributed by atoms with Crippen LogP contribution in [0.2, 0.25) is 0 Å². The molecule has 3 heterocycles. The molecule has 50 heavy (non-hydrogen) atoms. The van der Waals surface area contributed by atoms with Gasteiger partial charge in [0.15, 0.2) is 0 Å². The minimum atomic E-state index is -0.0133. The molecule has 0 N–H and O–H groups in total. The van der Waals surface area contributed by atoms with Crippen molar-refractivity contribution in [3.8, 4) is 27.9 Å². The van der Waals surface area contributed by atoms with Gasteiger partial charge in [0.1, 0.15) is 0 Å². The molecule has 1 aliphatic rings. The highest BCUT2D eigenvalue weighted by Crippen LogP contribution is 2.40. The Balaban J connectivity index is 1.32. The van der Waals surface area contributed by atoms with Crippen molar-refractivity contribution >= 4 is 84.0 Å². The number of hydrogen-bond acceptors (Lipinski definition) is 0. The molecule has 0 spiro atoms. The molecule has 2 nitrogen and oxygen atoms in total. The van der Waals surface area contributed by atoms with Gasteiger partial charge in [-0.25, -0.2) is 0 Å². The van der Waals surface area contributed by atoms with Gasteiger partial charge in [-0.05, 0) is 69.4 Å². The summed E-state index contributed by atoms with van der Waals surface area (Å²) in [5, 5.41) is 5.20. The number of rotatable bonds is 6. The van der Waals surface area contributed by atoms with Gasteiger partial charge in [-0.15, -0.1) is 0 Å². The first-order valence-corrected chi connectivity index (χ1v) is 18.9. The quantitative estimate of drug-likeness (QED) is 0.0909. The molecule has 0 bridgehead atoms. The first-order chi connectivity index (χ1) is 24.7. The molecule has 0 saturated carbocycles. The van der Waals surface area contributed by atoms with E-state index >= 15 is 0 Å². The second-order valence-corrected chi connectivity index (χ2v) is 15.1. The number of para-hydroxylation sites is 2. The third-order valence-corrected chi connectivity index (χ3v) is 12.1. The van der Waals surface area contributed by atoms with Crippen molar-refractivity contribution in [2.45, 2.75) is 23.7 Å². The summed E-state index contributed by atoms with van der Waals surface area (Å²) in [6.07, 6.45) is 2.36. The number of fused-ring (bicyclic) bond motifs is 8. The average molecular weight is 753 g/mol. The largest absolute Gasteiger partial charge is 0.376 e. The Morgan fingerprint density at radius 3 is 1.76 bits per heavy atom. The minimum absolute atomic E-state index is 0.0133. The molecule has 1 atom stereocenters. The van der Waals surface area contributed by atoms with E-state index in [0.717, 1.165) is 0 Å². The summed E-state index contributed by atoms with van der Waals surface area (Å²) in [5.41, 5.74) is 15.4. The van der Waals surface area contributed by atoms with Crippen LogP contribution in [0.5, 0.6) is 0 Å². The molecule has 7 aromatic carbocycles. The third-order valence-electron chi connectivity index (χ3n) is 10.8. The zero-order valence-electron chi connectivity index (χ0n) is 27.9. The summed E-state index contributed by atoms with van der Waals surface area (Å²) in [7, 11) is 0. The van der Waals surface area contributed by atoms with Gasteiger partial charge in [-0.2, -0.15) is 0 Å². The van der Waals surface area contributed by atoms with Gasteiger partial charge in [-0.3, -0.25) is 0 Å². The van der Waals surface area contributed by atoms with Crippen LogP contribution in [-0.2, 0) is 0 Å². The maximum Gasteiger partial charge on any atom is 0.332 e. The molecule has 0 radical (unpaired) electrons. The van der Waals surface area contributed by atoms with Crippen LogP contribution in [0.4, 0.5) is 0 Å². The summed E-state index contributed by atoms with van der Waals surface area (Å²) in [6, 6.07) is 58.9. The van der Waals surface area contributed by atoms with E-state index in [-0.39, 0.29) is 6.85 Å². The van der Waals surface area contributed by atoms with E-state index < -0.39 is 0 Å². The van der Waals surface area contributed by atoms with Crippen LogP contribution in [0.15, 0.2) is 158 Å². The minimum Gasteiger partial charge on any atom is -0.376 e. The molecule has 2 aromatic heterocycles. The summed E-state index contributed by atoms with van der Waals surface area (Å²) in [4.78, 5) is 0. The van der Waals surface area contributed by atoms with Crippen molar-refractivity contribution < 1.29 is 0 Å². The lowest BCUT2D eigenvalue weighted by atomic mass is 9.48.